The first-order chi connectivity index (χ1) is 64.4. The van der Waals surface area contributed by atoms with E-state index in [9.17, 15) is 49.2 Å². The van der Waals surface area contributed by atoms with E-state index in [2.05, 4.69) is 56.0 Å². The number of nitrogen functional groups attached to an aromatic ring is 2. The number of phenolic OH excluding ortho intramolecular Hbond substituents is 4. The standard InChI is InChI=1S/C48H51N9O9S.C47H48N8O8S3/c1-29-23-38-43(44(49)52-29)54-47(62)57(38)28-30-5-12-41(51-27-30)56(18-17-55-15-3-2-4-16-55)42(60)13-19-63-21-22-64-20-14-50-46(67)53-31-6-9-35-34(24-31)45(61)66-48(35)36-10-7-32(58)25-39(36)65-40-26-33(59)8-11-37(40)48;1-28-21-38-34(43(48)51-28)25-42(58)55(38)27-29-5-12-41(50-26-29)54(17-16-53-14-3-2-4-15-53)46(60)61-18-20-66-65-19-13-49-45(64)52-30-6-9-35-33(22-30)44(59)63-47(35)36-10-7-31(56)23-39(36)62-40-24-32(57)8-11-37(40)47/h5-12,23-27,58-59H,2-4,13-22,28H2,1H3,(H2,49,52)(H,54,62)(H2,50,53,67);5-12,21-24,26,56-57H,2-4,13-20,25,27H2,1H3,(H2,48,51)(H2,49,52,64). The number of aromatic nitrogens is 6. The zero-order valence-corrected chi connectivity index (χ0v) is 76.2. The number of aryl methyl sites for hydroxylation is 2. The van der Waals surface area contributed by atoms with Gasteiger partial charge >= 0.3 is 23.7 Å². The van der Waals surface area contributed by atoms with Gasteiger partial charge in [0.25, 0.3) is 0 Å². The third-order valence-electron chi connectivity index (χ3n) is 24.0. The number of carbonyl (C=O) groups is 5. The molecule has 0 radical (unpaired) electrons. The highest BCUT2D eigenvalue weighted by Gasteiger charge is 2.56. The van der Waals surface area contributed by atoms with E-state index in [1.807, 2.05) is 50.2 Å². The van der Waals surface area contributed by atoms with Crippen molar-refractivity contribution < 1.29 is 77.6 Å². The van der Waals surface area contributed by atoms with Crippen molar-refractivity contribution in [3.8, 4) is 46.0 Å². The maximum atomic E-state index is 13.7. The number of aromatic amines is 1. The highest BCUT2D eigenvalue weighted by molar-refractivity contribution is 8.76. The number of nitrogens with two attached hydrogens (primary N) is 2. The molecule has 13 N–H and O–H groups in total. The van der Waals surface area contributed by atoms with Crippen LogP contribution in [-0.2, 0) is 64.0 Å². The molecule has 2 saturated heterocycles. The lowest BCUT2D eigenvalue weighted by atomic mass is 9.77. The fraction of sp³-hybridized carbons (Fsp3) is 0.326. The number of fused-ring (bicyclic) bond motifs is 14. The number of carbonyl (C=O) groups excluding carboxylic acids is 5. The molecule has 7 aliphatic heterocycles. The zero-order chi connectivity index (χ0) is 92.6. The van der Waals surface area contributed by atoms with Gasteiger partial charge in [0.15, 0.2) is 21.4 Å². The summed E-state index contributed by atoms with van der Waals surface area (Å²) in [6.45, 7) is 13.0. The zero-order valence-electron chi connectivity index (χ0n) is 73.0. The Hall–Kier alpha value is -13.3. The Morgan fingerprint density at radius 3 is 1.56 bits per heavy atom. The third kappa shape index (κ3) is 20.1. The first kappa shape index (κ1) is 91.5. The van der Waals surface area contributed by atoms with Gasteiger partial charge in [-0.2, -0.15) is 0 Å². The van der Waals surface area contributed by atoms with Crippen LogP contribution in [0.4, 0.5) is 45.1 Å². The number of likely N-dealkylation sites (tertiary alicyclic amines) is 2. The first-order valence-electron chi connectivity index (χ1n) is 43.9. The number of anilines is 7. The Kier molecular flexibility index (Phi) is 27.8. The number of esters is 2. The minimum absolute atomic E-state index is 0.0170. The molecule has 0 aliphatic carbocycles. The van der Waals surface area contributed by atoms with Gasteiger partial charge in [-0.15, -0.1) is 0 Å². The second-order valence-corrected chi connectivity index (χ2v) is 36.5. The number of pyridine rings is 4. The van der Waals surface area contributed by atoms with E-state index >= 15 is 0 Å². The molecule has 38 heteroatoms. The Morgan fingerprint density at radius 2 is 1.02 bits per heavy atom. The Balaban J connectivity index is 0.000000185. The molecule has 11 aromatic rings. The number of rotatable bonds is 30. The van der Waals surface area contributed by atoms with Crippen molar-refractivity contribution in [2.24, 2.45) is 0 Å². The first-order valence-corrected chi connectivity index (χ1v) is 47.2. The van der Waals surface area contributed by atoms with Gasteiger partial charge in [-0.25, -0.2) is 39.1 Å². The van der Waals surface area contributed by atoms with E-state index in [4.69, 9.17) is 69.1 Å². The van der Waals surface area contributed by atoms with Gasteiger partial charge < -0.3 is 106 Å². The minimum atomic E-state index is -1.36. The van der Waals surface area contributed by atoms with Gasteiger partial charge in [-0.05, 0) is 198 Å². The largest absolute Gasteiger partial charge is 0.508 e. The number of phenols is 4. The monoisotopic (exact) mass is 1880 g/mol. The Labute approximate surface area is 783 Å². The van der Waals surface area contributed by atoms with Crippen LogP contribution >= 0.6 is 46.0 Å². The van der Waals surface area contributed by atoms with Gasteiger partial charge in [0.2, 0.25) is 11.8 Å². The van der Waals surface area contributed by atoms with Crippen molar-refractivity contribution in [1.82, 2.24) is 49.9 Å². The van der Waals surface area contributed by atoms with E-state index in [1.54, 1.807) is 114 Å². The molecule has 0 bridgehead atoms. The highest BCUT2D eigenvalue weighted by atomic mass is 33.1. The van der Waals surface area contributed by atoms with Crippen LogP contribution in [0.25, 0.3) is 11.0 Å². The number of ether oxygens (including phenoxy) is 7. The van der Waals surface area contributed by atoms with Gasteiger partial charge in [0.1, 0.15) is 81.4 Å². The molecule has 0 saturated carbocycles. The van der Waals surface area contributed by atoms with Gasteiger partial charge in [-0.3, -0.25) is 24.0 Å². The fourth-order valence-electron chi connectivity index (χ4n) is 17.7. The summed E-state index contributed by atoms with van der Waals surface area (Å²) in [6, 6.07) is 40.1. The summed E-state index contributed by atoms with van der Waals surface area (Å²) in [5, 5.41) is 54.0. The quantitative estimate of drug-likeness (QED) is 0.00655. The van der Waals surface area contributed by atoms with Crippen molar-refractivity contribution in [1.29, 1.82) is 0 Å². The Bertz CT molecular complexity index is 6250. The van der Waals surface area contributed by atoms with Gasteiger partial charge in [0, 0.05) is 149 Å². The number of aromatic hydroxyl groups is 4. The summed E-state index contributed by atoms with van der Waals surface area (Å²) in [6.07, 6.45) is 10.3. The van der Waals surface area contributed by atoms with Gasteiger partial charge in [-0.1, -0.05) is 58.7 Å². The van der Waals surface area contributed by atoms with Crippen LogP contribution in [-0.4, -0.2) is 210 Å². The van der Waals surface area contributed by atoms with E-state index < -0.39 is 29.2 Å². The number of H-pyrrole nitrogens is 1. The highest BCUT2D eigenvalue weighted by Crippen LogP contribution is 2.59. The molecule has 7 aliphatic rings. The van der Waals surface area contributed by atoms with Crippen LogP contribution in [0, 0.1) is 13.8 Å². The number of thiocarbonyl (C=S) groups is 2. The summed E-state index contributed by atoms with van der Waals surface area (Å²) < 4.78 is 43.3. The van der Waals surface area contributed by atoms with Crippen LogP contribution in [0.1, 0.15) is 127 Å². The summed E-state index contributed by atoms with van der Waals surface area (Å²) in [5.41, 5.74) is 20.1. The van der Waals surface area contributed by atoms with Crippen LogP contribution < -0.4 is 62.6 Å². The second kappa shape index (κ2) is 40.4. The molecule has 6 aromatic carbocycles. The topological polar surface area (TPSA) is 437 Å². The number of hydrogen-bond donors (Lipinski definition) is 11. The average Bonchev–Trinajstić information content (AvgIpc) is 1.57. The van der Waals surface area contributed by atoms with Crippen molar-refractivity contribution in [3.05, 3.63) is 241 Å². The Morgan fingerprint density at radius 1 is 0.541 bits per heavy atom. The maximum absolute atomic E-state index is 13.7. The SMILES string of the molecule is Cc1cc2c([nH]c(=O)n2Cc2ccc(N(CCN3CCCCC3)C(=O)CCOCCOCCNC(=S)Nc3ccc4c(c3)C(=O)OC43c4ccc(O)cc4Oc4cc(O)ccc43)nc2)c(N)n1.Cc1cc2c(c(N)n1)CC(=O)N2Cc1ccc(N(CCN2CCCCC2)C(=O)OCCSSCCNC(=S)Nc2ccc3c(c2)C(=O)OC32c3ccc(O)cc3Oc3cc(O)ccc32)nc1. The number of hydrogen-bond acceptors (Lipinski definition) is 29. The number of imidazole rings is 1. The molecular formula is C95H99N17O17S4. The van der Waals surface area contributed by atoms with Crippen molar-refractivity contribution in [3.63, 3.8) is 0 Å². The molecule has 2 fully saturated rings. The van der Waals surface area contributed by atoms with Crippen molar-refractivity contribution in [2.75, 3.05) is 147 Å². The third-order valence-corrected chi connectivity index (χ3v) is 26.9. The van der Waals surface area contributed by atoms with Crippen LogP contribution in [0.2, 0.25) is 0 Å². The van der Waals surface area contributed by atoms with Crippen LogP contribution in [0.3, 0.4) is 0 Å². The smallest absolute Gasteiger partial charge is 0.415 e. The summed E-state index contributed by atoms with van der Waals surface area (Å²) >= 11 is 11.1. The molecule has 34 nitrogen and oxygen atoms in total. The lowest BCUT2D eigenvalue weighted by Crippen LogP contribution is -2.41. The van der Waals surface area contributed by atoms with Crippen LogP contribution in [0.15, 0.2) is 163 Å². The molecule has 2 spiro atoms. The second-order valence-electron chi connectivity index (χ2n) is 33.0. The summed E-state index contributed by atoms with van der Waals surface area (Å²) in [4.78, 5) is 110. The normalized spacial score (nSPS) is 15.2. The number of amides is 3. The van der Waals surface area contributed by atoms with E-state index in [1.165, 1.54) is 61.4 Å². The number of nitrogens with zero attached hydrogens (tertiary/aromatic N) is 10. The fourth-order valence-corrected chi connectivity index (χ4v) is 19.9. The van der Waals surface area contributed by atoms with E-state index in [0.717, 1.165) is 86.5 Å². The number of piperidine rings is 2. The molecule has 0 unspecified atom stereocenters. The van der Waals surface area contributed by atoms with Crippen LogP contribution in [0.5, 0.6) is 46.0 Å². The molecule has 690 valence electrons. The molecule has 3 amide bonds. The minimum Gasteiger partial charge on any atom is -0.508 e. The number of nitrogens with one attached hydrogen (secondary N) is 5. The molecular weight excluding hydrogens is 1780 g/mol. The summed E-state index contributed by atoms with van der Waals surface area (Å²) in [5.74, 6) is 2.85. The predicted molar refractivity (Wildman–Crippen MR) is 513 cm³/mol. The van der Waals surface area contributed by atoms with E-state index in [-0.39, 0.29) is 78.9 Å². The average molecular weight is 1880 g/mol. The summed E-state index contributed by atoms with van der Waals surface area (Å²) in [7, 11) is 3.21. The lowest BCUT2D eigenvalue weighted by Gasteiger charge is -2.36. The maximum Gasteiger partial charge on any atom is 0.415 e. The predicted octanol–water partition coefficient (Wildman–Crippen LogP) is 12.5. The van der Waals surface area contributed by atoms with E-state index in [0.29, 0.717) is 194 Å². The molecule has 12 heterocycles. The van der Waals surface area contributed by atoms with Crippen molar-refractivity contribution in [2.45, 2.75) is 89.5 Å². The molecule has 5 aromatic heterocycles. The molecule has 0 atom stereocenters. The van der Waals surface area contributed by atoms with Gasteiger partial charge in [0.05, 0.1) is 74.7 Å². The molecule has 18 rings (SSSR count). The number of benzene rings is 6. The van der Waals surface area contributed by atoms with Crippen molar-refractivity contribution >= 4 is 137 Å². The molecule has 133 heavy (non-hydrogen) atoms. The lowest BCUT2D eigenvalue weighted by molar-refractivity contribution is -0.120.